The summed E-state index contributed by atoms with van der Waals surface area (Å²) in [6, 6.07) is 12.9. The molecule has 0 aliphatic carbocycles. The standard InChI is InChI=1S/C17H20ClFN2/c1-21(2)12-15-6-4-3-5-14(15)11-20-10-13-7-16(18)9-17(19)8-13/h3-9,20H,10-12H2,1-2H3. The Morgan fingerprint density at radius 1 is 1.05 bits per heavy atom. The fourth-order valence-corrected chi connectivity index (χ4v) is 2.52. The van der Waals surface area contributed by atoms with Gasteiger partial charge in [-0.3, -0.25) is 0 Å². The average Bonchev–Trinajstić information content (AvgIpc) is 2.39. The normalized spacial score (nSPS) is 11.1. The third-order valence-electron chi connectivity index (χ3n) is 3.17. The minimum Gasteiger partial charge on any atom is -0.309 e. The fraction of sp³-hybridized carbons (Fsp3) is 0.294. The molecular weight excluding hydrogens is 287 g/mol. The molecule has 0 fully saturated rings. The van der Waals surface area contributed by atoms with Crippen LogP contribution >= 0.6 is 11.6 Å². The molecule has 0 amide bonds. The Morgan fingerprint density at radius 2 is 1.76 bits per heavy atom. The molecule has 0 aliphatic rings. The van der Waals surface area contributed by atoms with E-state index in [-0.39, 0.29) is 5.82 Å². The molecular formula is C17H20ClFN2. The Bertz CT molecular complexity index is 579. The van der Waals surface area contributed by atoms with Crippen LogP contribution in [-0.4, -0.2) is 19.0 Å². The Kier molecular flexibility index (Phi) is 5.74. The monoisotopic (exact) mass is 306 g/mol. The van der Waals surface area contributed by atoms with E-state index < -0.39 is 0 Å². The molecule has 2 aromatic rings. The maximum Gasteiger partial charge on any atom is 0.125 e. The van der Waals surface area contributed by atoms with Crippen LogP contribution in [0.1, 0.15) is 16.7 Å². The summed E-state index contributed by atoms with van der Waals surface area (Å²) < 4.78 is 13.3. The third kappa shape index (κ3) is 5.12. The molecule has 0 radical (unpaired) electrons. The molecule has 0 saturated heterocycles. The molecule has 0 unspecified atom stereocenters. The van der Waals surface area contributed by atoms with Crippen molar-refractivity contribution >= 4 is 11.6 Å². The van der Waals surface area contributed by atoms with Gasteiger partial charge in [-0.2, -0.15) is 0 Å². The van der Waals surface area contributed by atoms with Crippen molar-refractivity contribution in [2.45, 2.75) is 19.6 Å². The molecule has 2 aromatic carbocycles. The topological polar surface area (TPSA) is 15.3 Å². The van der Waals surface area contributed by atoms with Crippen LogP contribution < -0.4 is 5.32 Å². The van der Waals surface area contributed by atoms with Crippen LogP contribution in [0.3, 0.4) is 0 Å². The summed E-state index contributed by atoms with van der Waals surface area (Å²) in [6.45, 7) is 2.25. The smallest absolute Gasteiger partial charge is 0.125 e. The van der Waals surface area contributed by atoms with E-state index in [0.29, 0.717) is 11.6 Å². The highest BCUT2D eigenvalue weighted by Gasteiger charge is 2.04. The van der Waals surface area contributed by atoms with Gasteiger partial charge in [0, 0.05) is 24.7 Å². The number of benzene rings is 2. The molecule has 1 N–H and O–H groups in total. The van der Waals surface area contributed by atoms with E-state index >= 15 is 0 Å². The molecule has 0 bridgehead atoms. The summed E-state index contributed by atoms with van der Waals surface area (Å²) in [4.78, 5) is 2.14. The van der Waals surface area contributed by atoms with Gasteiger partial charge in [0.05, 0.1) is 0 Å². The molecule has 112 valence electrons. The van der Waals surface area contributed by atoms with Crippen LogP contribution in [0.2, 0.25) is 5.02 Å². The fourth-order valence-electron chi connectivity index (χ4n) is 2.28. The zero-order chi connectivity index (χ0) is 15.2. The first-order valence-electron chi connectivity index (χ1n) is 6.92. The lowest BCUT2D eigenvalue weighted by Crippen LogP contribution is -2.17. The molecule has 2 rings (SSSR count). The van der Waals surface area contributed by atoms with Crippen molar-refractivity contribution in [3.05, 3.63) is 70.0 Å². The zero-order valence-electron chi connectivity index (χ0n) is 12.4. The molecule has 0 heterocycles. The largest absolute Gasteiger partial charge is 0.309 e. The quantitative estimate of drug-likeness (QED) is 0.872. The van der Waals surface area contributed by atoms with Crippen LogP contribution in [0, 0.1) is 5.82 Å². The summed E-state index contributed by atoms with van der Waals surface area (Å²) in [5.41, 5.74) is 3.41. The Morgan fingerprint density at radius 3 is 2.43 bits per heavy atom. The van der Waals surface area contributed by atoms with E-state index in [0.717, 1.165) is 18.7 Å². The number of hydrogen-bond acceptors (Lipinski definition) is 2. The SMILES string of the molecule is CN(C)Cc1ccccc1CNCc1cc(F)cc(Cl)c1. The minimum atomic E-state index is -0.299. The highest BCUT2D eigenvalue weighted by molar-refractivity contribution is 6.30. The van der Waals surface area contributed by atoms with E-state index in [1.807, 2.05) is 6.07 Å². The van der Waals surface area contributed by atoms with Crippen molar-refractivity contribution in [1.29, 1.82) is 0 Å². The van der Waals surface area contributed by atoms with E-state index in [4.69, 9.17) is 11.6 Å². The molecule has 4 heteroatoms. The molecule has 0 atom stereocenters. The number of nitrogens with zero attached hydrogens (tertiary/aromatic N) is 1. The summed E-state index contributed by atoms with van der Waals surface area (Å²) in [5.74, 6) is -0.299. The van der Waals surface area contributed by atoms with Crippen LogP contribution in [0.15, 0.2) is 42.5 Å². The maximum absolute atomic E-state index is 13.3. The van der Waals surface area contributed by atoms with Crippen molar-refractivity contribution in [2.24, 2.45) is 0 Å². The Balaban J connectivity index is 1.97. The van der Waals surface area contributed by atoms with E-state index in [2.05, 4.69) is 42.5 Å². The number of hydrogen-bond donors (Lipinski definition) is 1. The van der Waals surface area contributed by atoms with Crippen molar-refractivity contribution in [2.75, 3.05) is 14.1 Å². The van der Waals surface area contributed by atoms with Gasteiger partial charge in [-0.25, -0.2) is 4.39 Å². The predicted octanol–water partition coefficient (Wildman–Crippen LogP) is 3.83. The maximum atomic E-state index is 13.3. The summed E-state index contributed by atoms with van der Waals surface area (Å²) in [6.07, 6.45) is 0. The molecule has 0 spiro atoms. The number of halogens is 2. The van der Waals surface area contributed by atoms with Gasteiger partial charge < -0.3 is 10.2 Å². The lowest BCUT2D eigenvalue weighted by atomic mass is 10.1. The van der Waals surface area contributed by atoms with Crippen molar-refractivity contribution in [3.63, 3.8) is 0 Å². The van der Waals surface area contributed by atoms with Crippen LogP contribution in [0.5, 0.6) is 0 Å². The van der Waals surface area contributed by atoms with Gasteiger partial charge >= 0.3 is 0 Å². The first-order chi connectivity index (χ1) is 10.0. The third-order valence-corrected chi connectivity index (χ3v) is 3.39. The minimum absolute atomic E-state index is 0.299. The molecule has 2 nitrogen and oxygen atoms in total. The Hall–Kier alpha value is -1.42. The zero-order valence-corrected chi connectivity index (χ0v) is 13.1. The van der Waals surface area contributed by atoms with Gasteiger partial charge in [-0.1, -0.05) is 35.9 Å². The van der Waals surface area contributed by atoms with Crippen molar-refractivity contribution in [3.8, 4) is 0 Å². The molecule has 0 saturated carbocycles. The van der Waals surface area contributed by atoms with Gasteiger partial charge in [-0.05, 0) is 49.0 Å². The first-order valence-corrected chi connectivity index (χ1v) is 7.29. The highest BCUT2D eigenvalue weighted by Crippen LogP contribution is 2.15. The van der Waals surface area contributed by atoms with Crippen molar-refractivity contribution in [1.82, 2.24) is 10.2 Å². The highest BCUT2D eigenvalue weighted by atomic mass is 35.5. The van der Waals surface area contributed by atoms with Gasteiger partial charge in [0.25, 0.3) is 0 Å². The van der Waals surface area contributed by atoms with Gasteiger partial charge in [0.1, 0.15) is 5.82 Å². The second-order valence-electron chi connectivity index (χ2n) is 5.39. The van der Waals surface area contributed by atoms with E-state index in [1.54, 1.807) is 6.07 Å². The summed E-state index contributed by atoms with van der Waals surface area (Å²) >= 11 is 5.86. The summed E-state index contributed by atoms with van der Waals surface area (Å²) in [5, 5.41) is 3.77. The predicted molar refractivity (Wildman–Crippen MR) is 85.8 cm³/mol. The van der Waals surface area contributed by atoms with Crippen molar-refractivity contribution < 1.29 is 4.39 Å². The van der Waals surface area contributed by atoms with Crippen LogP contribution in [0.4, 0.5) is 4.39 Å². The van der Waals surface area contributed by atoms with E-state index in [9.17, 15) is 4.39 Å². The molecule has 0 aromatic heterocycles. The number of rotatable bonds is 6. The van der Waals surface area contributed by atoms with Gasteiger partial charge in [0.2, 0.25) is 0 Å². The van der Waals surface area contributed by atoms with E-state index in [1.165, 1.54) is 23.3 Å². The lowest BCUT2D eigenvalue weighted by molar-refractivity contribution is 0.400. The van der Waals surface area contributed by atoms with Crippen LogP contribution in [0.25, 0.3) is 0 Å². The molecule has 0 aliphatic heterocycles. The van der Waals surface area contributed by atoms with Gasteiger partial charge in [0.15, 0.2) is 0 Å². The molecule has 21 heavy (non-hydrogen) atoms. The lowest BCUT2D eigenvalue weighted by Gasteiger charge is -2.14. The average molecular weight is 307 g/mol. The van der Waals surface area contributed by atoms with Gasteiger partial charge in [-0.15, -0.1) is 0 Å². The number of nitrogens with one attached hydrogen (secondary N) is 1. The van der Waals surface area contributed by atoms with Crippen LogP contribution in [-0.2, 0) is 19.6 Å². The Labute approximate surface area is 130 Å². The summed E-state index contributed by atoms with van der Waals surface area (Å²) in [7, 11) is 4.11. The first kappa shape index (κ1) is 16.0. The second kappa shape index (κ2) is 7.55. The second-order valence-corrected chi connectivity index (χ2v) is 5.82.